The van der Waals surface area contributed by atoms with Crippen LogP contribution < -0.4 is 11.1 Å². The predicted octanol–water partition coefficient (Wildman–Crippen LogP) is 1.25. The Balaban J connectivity index is 0.000000131. The van der Waals surface area contributed by atoms with Gasteiger partial charge in [0.2, 0.25) is 0 Å². The molecular formula is C15H17N5O. The molecule has 0 saturated heterocycles. The van der Waals surface area contributed by atoms with E-state index in [0.717, 1.165) is 30.5 Å². The molecule has 3 heterocycles. The second-order valence-electron chi connectivity index (χ2n) is 4.86. The average molecular weight is 283 g/mol. The first-order valence-electron chi connectivity index (χ1n) is 6.83. The summed E-state index contributed by atoms with van der Waals surface area (Å²) in [4.78, 5) is 13.7. The van der Waals surface area contributed by atoms with E-state index in [1.807, 2.05) is 41.2 Å². The molecule has 4 rings (SSSR count). The number of nitrogens with one attached hydrogen (secondary N) is 2. The molecular weight excluding hydrogens is 266 g/mol. The first kappa shape index (κ1) is 13.4. The fourth-order valence-electron chi connectivity index (χ4n) is 2.32. The van der Waals surface area contributed by atoms with Crippen LogP contribution in [0.25, 0.3) is 10.9 Å². The van der Waals surface area contributed by atoms with Crippen molar-refractivity contribution in [3.63, 3.8) is 0 Å². The Morgan fingerprint density at radius 3 is 2.90 bits per heavy atom. The summed E-state index contributed by atoms with van der Waals surface area (Å²) in [6, 6.07) is 11.5. The molecule has 0 unspecified atom stereocenters. The summed E-state index contributed by atoms with van der Waals surface area (Å²) < 4.78 is 2.04. The predicted molar refractivity (Wildman–Crippen MR) is 80.8 cm³/mol. The van der Waals surface area contributed by atoms with Gasteiger partial charge < -0.3 is 16.0 Å². The van der Waals surface area contributed by atoms with Gasteiger partial charge in [0.25, 0.3) is 5.91 Å². The number of aromatic nitrogens is 3. The van der Waals surface area contributed by atoms with E-state index in [2.05, 4.69) is 15.4 Å². The molecule has 6 nitrogen and oxygen atoms in total. The minimum absolute atomic E-state index is 0.425. The number of hydrogen-bond donors (Lipinski definition) is 3. The van der Waals surface area contributed by atoms with Crippen LogP contribution in [0.4, 0.5) is 0 Å². The normalized spacial score (nSPS) is 13.3. The fourth-order valence-corrected chi connectivity index (χ4v) is 2.32. The molecule has 4 N–H and O–H groups in total. The van der Waals surface area contributed by atoms with Crippen LogP contribution in [0.3, 0.4) is 0 Å². The minimum atomic E-state index is -0.425. The Morgan fingerprint density at radius 1 is 1.29 bits per heavy atom. The number of amides is 1. The summed E-state index contributed by atoms with van der Waals surface area (Å²) in [5, 5.41) is 8.41. The van der Waals surface area contributed by atoms with Gasteiger partial charge in [-0.3, -0.25) is 9.48 Å². The van der Waals surface area contributed by atoms with Gasteiger partial charge in [-0.25, -0.2) is 0 Å². The van der Waals surface area contributed by atoms with Gasteiger partial charge >= 0.3 is 0 Å². The molecule has 108 valence electrons. The van der Waals surface area contributed by atoms with Gasteiger partial charge in [0.1, 0.15) is 5.69 Å². The van der Waals surface area contributed by atoms with Crippen molar-refractivity contribution in [3.05, 3.63) is 54.0 Å². The summed E-state index contributed by atoms with van der Waals surface area (Å²) in [6.07, 6.45) is 1.85. The molecule has 0 atom stereocenters. The second-order valence-corrected chi connectivity index (χ2v) is 4.86. The largest absolute Gasteiger partial charge is 0.364 e. The number of carbonyl (C=O) groups is 1. The third-order valence-corrected chi connectivity index (χ3v) is 3.41. The van der Waals surface area contributed by atoms with Gasteiger partial charge in [-0.2, -0.15) is 5.10 Å². The van der Waals surface area contributed by atoms with Gasteiger partial charge in [0.05, 0.1) is 12.2 Å². The molecule has 2 aromatic heterocycles. The van der Waals surface area contributed by atoms with E-state index in [9.17, 15) is 4.79 Å². The van der Waals surface area contributed by atoms with Crippen molar-refractivity contribution in [2.45, 2.75) is 13.1 Å². The number of primary amides is 1. The van der Waals surface area contributed by atoms with Gasteiger partial charge in [-0.1, -0.05) is 18.2 Å². The van der Waals surface area contributed by atoms with Crippen LogP contribution in [0.15, 0.2) is 42.6 Å². The van der Waals surface area contributed by atoms with Crippen molar-refractivity contribution in [1.82, 2.24) is 20.1 Å². The number of fused-ring (bicyclic) bond motifs is 2. The number of nitrogens with zero attached hydrogens (tertiary/aromatic N) is 2. The highest BCUT2D eigenvalue weighted by molar-refractivity contribution is 5.96. The maximum absolute atomic E-state index is 10.8. The summed E-state index contributed by atoms with van der Waals surface area (Å²) in [7, 11) is 0. The number of nitrogens with two attached hydrogens (primary N) is 1. The topological polar surface area (TPSA) is 88.7 Å². The van der Waals surface area contributed by atoms with Crippen LogP contribution in [0.1, 0.15) is 16.2 Å². The summed E-state index contributed by atoms with van der Waals surface area (Å²) in [5.41, 5.74) is 7.79. The minimum Gasteiger partial charge on any atom is -0.364 e. The van der Waals surface area contributed by atoms with Crippen LogP contribution in [-0.2, 0) is 13.1 Å². The zero-order valence-electron chi connectivity index (χ0n) is 11.5. The number of benzene rings is 1. The van der Waals surface area contributed by atoms with Crippen molar-refractivity contribution >= 4 is 16.8 Å². The molecule has 1 aliphatic heterocycles. The van der Waals surface area contributed by atoms with Crippen LogP contribution in [0.2, 0.25) is 0 Å². The standard InChI is InChI=1S/C9H8N2O.C6H9N3/c10-9(12)8-5-6-3-1-2-4-7(6)11-8;1-2-8-9-4-3-7-5-6(1)9/h1-5,11H,(H2,10,12);1-2,7H,3-5H2. The summed E-state index contributed by atoms with van der Waals surface area (Å²) in [6.45, 7) is 3.04. The number of para-hydroxylation sites is 1. The SMILES string of the molecule is NC(=O)c1cc2ccccc2[nH]1.c1cc2n(n1)CCNC2. The Hall–Kier alpha value is -2.60. The fraction of sp³-hybridized carbons (Fsp3) is 0.200. The molecule has 0 bridgehead atoms. The lowest BCUT2D eigenvalue weighted by Gasteiger charge is -2.13. The molecule has 3 aromatic rings. The van der Waals surface area contributed by atoms with E-state index in [4.69, 9.17) is 5.73 Å². The lowest BCUT2D eigenvalue weighted by Crippen LogP contribution is -2.28. The first-order valence-corrected chi connectivity index (χ1v) is 6.83. The van der Waals surface area contributed by atoms with Crippen molar-refractivity contribution < 1.29 is 4.79 Å². The van der Waals surface area contributed by atoms with Gasteiger partial charge in [0, 0.05) is 30.2 Å². The number of aromatic amines is 1. The quantitative estimate of drug-likeness (QED) is 0.628. The maximum Gasteiger partial charge on any atom is 0.265 e. The number of carbonyl (C=O) groups excluding carboxylic acids is 1. The highest BCUT2D eigenvalue weighted by atomic mass is 16.1. The van der Waals surface area contributed by atoms with E-state index in [0.29, 0.717) is 5.69 Å². The van der Waals surface area contributed by atoms with E-state index in [1.54, 1.807) is 6.07 Å². The number of hydrogen-bond acceptors (Lipinski definition) is 3. The Bertz CT molecular complexity index is 705. The lowest BCUT2D eigenvalue weighted by atomic mass is 10.2. The summed E-state index contributed by atoms with van der Waals surface area (Å²) in [5.74, 6) is -0.425. The molecule has 1 aliphatic rings. The van der Waals surface area contributed by atoms with Crippen molar-refractivity contribution in [2.24, 2.45) is 5.73 Å². The average Bonchev–Trinajstić information content (AvgIpc) is 3.14. The van der Waals surface area contributed by atoms with E-state index >= 15 is 0 Å². The number of H-pyrrole nitrogens is 1. The van der Waals surface area contributed by atoms with Gasteiger partial charge in [-0.05, 0) is 18.2 Å². The van der Waals surface area contributed by atoms with E-state index in [-0.39, 0.29) is 0 Å². The monoisotopic (exact) mass is 283 g/mol. The lowest BCUT2D eigenvalue weighted by molar-refractivity contribution is 0.0996. The molecule has 0 saturated carbocycles. The third kappa shape index (κ3) is 2.95. The van der Waals surface area contributed by atoms with Crippen molar-refractivity contribution in [2.75, 3.05) is 6.54 Å². The molecule has 0 radical (unpaired) electrons. The molecule has 0 fully saturated rings. The first-order chi connectivity index (χ1) is 10.2. The van der Waals surface area contributed by atoms with Crippen LogP contribution in [0, 0.1) is 0 Å². The van der Waals surface area contributed by atoms with Gasteiger partial charge in [-0.15, -0.1) is 0 Å². The highest BCUT2D eigenvalue weighted by Gasteiger charge is 2.05. The maximum atomic E-state index is 10.8. The highest BCUT2D eigenvalue weighted by Crippen LogP contribution is 2.13. The zero-order valence-corrected chi connectivity index (χ0v) is 11.5. The van der Waals surface area contributed by atoms with E-state index in [1.165, 1.54) is 5.69 Å². The number of rotatable bonds is 1. The summed E-state index contributed by atoms with van der Waals surface area (Å²) >= 11 is 0. The molecule has 0 aliphatic carbocycles. The van der Waals surface area contributed by atoms with Crippen molar-refractivity contribution in [1.29, 1.82) is 0 Å². The smallest absolute Gasteiger partial charge is 0.265 e. The van der Waals surface area contributed by atoms with Crippen LogP contribution >= 0.6 is 0 Å². The Kier molecular flexibility index (Phi) is 3.70. The van der Waals surface area contributed by atoms with Crippen LogP contribution in [-0.4, -0.2) is 27.2 Å². The second kappa shape index (κ2) is 5.80. The molecule has 1 amide bonds. The Morgan fingerprint density at radius 2 is 2.14 bits per heavy atom. The third-order valence-electron chi connectivity index (χ3n) is 3.41. The molecule has 0 spiro atoms. The van der Waals surface area contributed by atoms with Crippen LogP contribution in [0.5, 0.6) is 0 Å². The molecule has 1 aromatic carbocycles. The Labute approximate surface area is 121 Å². The zero-order chi connectivity index (χ0) is 14.7. The van der Waals surface area contributed by atoms with Crippen molar-refractivity contribution in [3.8, 4) is 0 Å². The van der Waals surface area contributed by atoms with E-state index < -0.39 is 5.91 Å². The molecule has 6 heteroatoms. The van der Waals surface area contributed by atoms with Gasteiger partial charge in [0.15, 0.2) is 0 Å². The molecule has 21 heavy (non-hydrogen) atoms.